The number of hydrogen-bond acceptors (Lipinski definition) is 3. The Morgan fingerprint density at radius 1 is 1.12 bits per heavy atom. The van der Waals surface area contributed by atoms with Crippen molar-refractivity contribution in [2.75, 3.05) is 5.32 Å². The molecule has 0 saturated carbocycles. The lowest BCUT2D eigenvalue weighted by molar-refractivity contribution is -0.115. The van der Waals surface area contributed by atoms with Gasteiger partial charge < -0.3 is 9.73 Å². The second kappa shape index (κ2) is 6.32. The molecule has 0 aliphatic heterocycles. The third kappa shape index (κ3) is 3.23. The summed E-state index contributed by atoms with van der Waals surface area (Å²) in [6.07, 6.45) is 1.86. The first-order chi connectivity index (χ1) is 11.4. The Balaban J connectivity index is 1.81. The van der Waals surface area contributed by atoms with E-state index in [0.717, 1.165) is 27.7 Å². The van der Waals surface area contributed by atoms with Gasteiger partial charge in [-0.3, -0.25) is 9.59 Å². The van der Waals surface area contributed by atoms with Crippen molar-refractivity contribution in [3.05, 3.63) is 64.9 Å². The Morgan fingerprint density at radius 2 is 1.92 bits per heavy atom. The van der Waals surface area contributed by atoms with Gasteiger partial charge in [-0.1, -0.05) is 18.2 Å². The molecule has 0 fully saturated rings. The quantitative estimate of drug-likeness (QED) is 0.723. The van der Waals surface area contributed by atoms with Crippen molar-refractivity contribution in [2.24, 2.45) is 0 Å². The largest absolute Gasteiger partial charge is 0.464 e. The molecule has 0 saturated heterocycles. The smallest absolute Gasteiger partial charge is 0.228 e. The van der Waals surface area contributed by atoms with Gasteiger partial charge in [-0.05, 0) is 50.1 Å². The zero-order valence-electron chi connectivity index (χ0n) is 14.0. The maximum atomic E-state index is 12.3. The molecule has 3 aromatic rings. The minimum atomic E-state index is -0.140. The van der Waals surface area contributed by atoms with E-state index in [1.54, 1.807) is 30.5 Å². The summed E-state index contributed by atoms with van der Waals surface area (Å²) in [5, 5.41) is 3.83. The van der Waals surface area contributed by atoms with Crippen molar-refractivity contribution < 1.29 is 14.0 Å². The summed E-state index contributed by atoms with van der Waals surface area (Å²) in [7, 11) is 0. The third-order valence-electron chi connectivity index (χ3n) is 4.00. The monoisotopic (exact) mass is 321 g/mol. The van der Waals surface area contributed by atoms with E-state index in [2.05, 4.69) is 11.4 Å². The number of carbonyl (C=O) groups excluding carboxylic acids is 2. The minimum Gasteiger partial charge on any atom is -0.464 e. The van der Waals surface area contributed by atoms with Crippen LogP contribution in [0.2, 0.25) is 0 Å². The van der Waals surface area contributed by atoms with Gasteiger partial charge in [-0.15, -0.1) is 0 Å². The number of amides is 1. The molecule has 1 amide bonds. The van der Waals surface area contributed by atoms with Crippen LogP contribution >= 0.6 is 0 Å². The molecule has 4 nitrogen and oxygen atoms in total. The predicted octanol–water partition coefficient (Wildman–Crippen LogP) is 4.43. The highest BCUT2D eigenvalue weighted by molar-refractivity contribution is 5.98. The van der Waals surface area contributed by atoms with Gasteiger partial charge in [0.1, 0.15) is 5.58 Å². The summed E-state index contributed by atoms with van der Waals surface area (Å²) in [6.45, 7) is 5.54. The summed E-state index contributed by atoms with van der Waals surface area (Å²) in [6, 6.07) is 11.0. The number of Topliss-reactive ketones (excluding diaryl/α,β-unsaturated/α-hetero) is 1. The van der Waals surface area contributed by atoms with Gasteiger partial charge in [0, 0.05) is 22.2 Å². The first-order valence-corrected chi connectivity index (χ1v) is 7.82. The molecule has 1 N–H and O–H groups in total. The number of anilines is 1. The van der Waals surface area contributed by atoms with Crippen molar-refractivity contribution in [1.29, 1.82) is 0 Å². The van der Waals surface area contributed by atoms with Crippen LogP contribution in [0, 0.1) is 13.8 Å². The Bertz CT molecular complexity index is 937. The second-order valence-corrected chi connectivity index (χ2v) is 6.08. The lowest BCUT2D eigenvalue weighted by Gasteiger charge is -2.06. The number of hydrogen-bond donors (Lipinski definition) is 1. The topological polar surface area (TPSA) is 59.3 Å². The Kier molecular flexibility index (Phi) is 4.21. The Labute approximate surface area is 140 Å². The average Bonchev–Trinajstić information content (AvgIpc) is 2.90. The van der Waals surface area contributed by atoms with Crippen LogP contribution in [-0.2, 0) is 11.2 Å². The third-order valence-corrected chi connectivity index (χ3v) is 4.00. The van der Waals surface area contributed by atoms with Gasteiger partial charge in [0.2, 0.25) is 5.91 Å². The zero-order chi connectivity index (χ0) is 17.3. The molecule has 2 aromatic carbocycles. The lowest BCUT2D eigenvalue weighted by atomic mass is 10.0. The predicted molar refractivity (Wildman–Crippen MR) is 94.5 cm³/mol. The van der Waals surface area contributed by atoms with E-state index in [0.29, 0.717) is 11.3 Å². The van der Waals surface area contributed by atoms with E-state index in [1.807, 2.05) is 19.9 Å². The second-order valence-electron chi connectivity index (χ2n) is 6.08. The van der Waals surface area contributed by atoms with Crippen LogP contribution in [-0.4, -0.2) is 11.7 Å². The number of furan rings is 1. The number of nitrogens with one attached hydrogen (secondary N) is 1. The summed E-state index contributed by atoms with van der Waals surface area (Å²) < 4.78 is 5.59. The fourth-order valence-electron chi connectivity index (χ4n) is 2.95. The molecular weight excluding hydrogens is 302 g/mol. The maximum Gasteiger partial charge on any atom is 0.228 e. The van der Waals surface area contributed by atoms with Crippen LogP contribution < -0.4 is 5.32 Å². The average molecular weight is 321 g/mol. The van der Waals surface area contributed by atoms with Crippen LogP contribution in [0.25, 0.3) is 11.0 Å². The molecule has 0 atom stereocenters. The Hall–Kier alpha value is -2.88. The minimum absolute atomic E-state index is 0.0297. The molecule has 0 bridgehead atoms. The number of ketones is 1. The highest BCUT2D eigenvalue weighted by Crippen LogP contribution is 2.27. The first-order valence-electron chi connectivity index (χ1n) is 7.82. The van der Waals surface area contributed by atoms with Crippen molar-refractivity contribution in [3.63, 3.8) is 0 Å². The molecule has 24 heavy (non-hydrogen) atoms. The summed E-state index contributed by atoms with van der Waals surface area (Å²) in [5.41, 5.74) is 5.09. The van der Waals surface area contributed by atoms with Gasteiger partial charge >= 0.3 is 0 Å². The number of fused-ring (bicyclic) bond motifs is 1. The van der Waals surface area contributed by atoms with Gasteiger partial charge in [-0.25, -0.2) is 0 Å². The van der Waals surface area contributed by atoms with E-state index >= 15 is 0 Å². The van der Waals surface area contributed by atoms with Crippen LogP contribution in [0.15, 0.2) is 47.1 Å². The van der Waals surface area contributed by atoms with Crippen molar-refractivity contribution >= 4 is 28.3 Å². The molecule has 0 aliphatic carbocycles. The number of benzene rings is 2. The van der Waals surface area contributed by atoms with Crippen LogP contribution in [0.1, 0.15) is 34.0 Å². The van der Waals surface area contributed by atoms with Gasteiger partial charge in [0.15, 0.2) is 5.78 Å². The van der Waals surface area contributed by atoms with E-state index < -0.39 is 0 Å². The summed E-state index contributed by atoms with van der Waals surface area (Å²) >= 11 is 0. The van der Waals surface area contributed by atoms with E-state index in [1.165, 1.54) is 6.92 Å². The van der Waals surface area contributed by atoms with Crippen molar-refractivity contribution in [1.82, 2.24) is 0 Å². The van der Waals surface area contributed by atoms with Gasteiger partial charge in [0.05, 0.1) is 12.7 Å². The number of rotatable bonds is 4. The molecule has 0 unspecified atom stereocenters. The van der Waals surface area contributed by atoms with E-state index in [9.17, 15) is 9.59 Å². The van der Waals surface area contributed by atoms with E-state index in [-0.39, 0.29) is 18.1 Å². The van der Waals surface area contributed by atoms with E-state index in [4.69, 9.17) is 4.42 Å². The normalized spacial score (nSPS) is 10.8. The fraction of sp³-hybridized carbons (Fsp3) is 0.200. The van der Waals surface area contributed by atoms with Crippen molar-refractivity contribution in [3.8, 4) is 0 Å². The van der Waals surface area contributed by atoms with Crippen LogP contribution in [0.5, 0.6) is 0 Å². The highest BCUT2D eigenvalue weighted by Gasteiger charge is 2.13. The fourth-order valence-corrected chi connectivity index (χ4v) is 2.95. The molecule has 1 heterocycles. The number of aryl methyl sites for hydroxylation is 2. The lowest BCUT2D eigenvalue weighted by Crippen LogP contribution is -2.14. The molecule has 0 spiro atoms. The summed E-state index contributed by atoms with van der Waals surface area (Å²) in [4.78, 5) is 23.8. The molecule has 3 rings (SSSR count). The molecule has 0 aliphatic rings. The van der Waals surface area contributed by atoms with Gasteiger partial charge in [-0.2, -0.15) is 0 Å². The number of carbonyl (C=O) groups is 2. The van der Waals surface area contributed by atoms with Crippen LogP contribution in [0.4, 0.5) is 5.69 Å². The SMILES string of the molecule is CC(=O)c1cccc(NC(=O)Cc2coc3cc(C)cc(C)c23)c1. The Morgan fingerprint density at radius 3 is 2.67 bits per heavy atom. The van der Waals surface area contributed by atoms with Crippen LogP contribution in [0.3, 0.4) is 0 Å². The molecular formula is C20H19NO3. The first kappa shape index (κ1) is 16.0. The molecule has 1 aromatic heterocycles. The molecule has 0 radical (unpaired) electrons. The standard InChI is InChI=1S/C20H19NO3/c1-12-7-13(2)20-16(11-24-18(20)8-12)10-19(23)21-17-6-4-5-15(9-17)14(3)22/h4-9,11H,10H2,1-3H3,(H,21,23). The zero-order valence-corrected chi connectivity index (χ0v) is 14.0. The molecule has 122 valence electrons. The highest BCUT2D eigenvalue weighted by atomic mass is 16.3. The van der Waals surface area contributed by atoms with Crippen molar-refractivity contribution in [2.45, 2.75) is 27.2 Å². The summed E-state index contributed by atoms with van der Waals surface area (Å²) in [5.74, 6) is -0.170. The van der Waals surface area contributed by atoms with Gasteiger partial charge in [0.25, 0.3) is 0 Å². The maximum absolute atomic E-state index is 12.3. The molecule has 4 heteroatoms.